The molecule has 1 aromatic heterocycles. The van der Waals surface area contributed by atoms with Crippen molar-refractivity contribution in [3.05, 3.63) is 60.9 Å². The molecule has 25 heavy (non-hydrogen) atoms. The highest BCUT2D eigenvalue weighted by atomic mass is 16.5. The molecule has 0 spiro atoms. The average molecular weight is 334 g/mol. The predicted molar refractivity (Wildman–Crippen MR) is 98.0 cm³/mol. The molecule has 6 heteroatoms. The average Bonchev–Trinajstić information content (AvgIpc) is 2.62. The molecular weight excluding hydrogens is 316 g/mol. The summed E-state index contributed by atoms with van der Waals surface area (Å²) in [6.07, 6.45) is 3.34. The fourth-order valence-corrected chi connectivity index (χ4v) is 2.37. The van der Waals surface area contributed by atoms with Crippen LogP contribution >= 0.6 is 0 Å². The number of anilines is 3. The number of hydrogen-bond acceptors (Lipinski definition) is 5. The van der Waals surface area contributed by atoms with E-state index in [1.807, 2.05) is 48.5 Å². The maximum atomic E-state index is 11.2. The third kappa shape index (κ3) is 4.32. The molecule has 0 atom stereocenters. The fraction of sp³-hybridized carbons (Fsp3) is 0.105. The van der Waals surface area contributed by atoms with Gasteiger partial charge < -0.3 is 15.4 Å². The maximum absolute atomic E-state index is 11.2. The molecule has 0 aliphatic heterocycles. The molecule has 2 N–H and O–H groups in total. The van der Waals surface area contributed by atoms with E-state index in [0.29, 0.717) is 11.5 Å². The highest BCUT2D eigenvalue weighted by Crippen LogP contribution is 2.24. The van der Waals surface area contributed by atoms with Crippen LogP contribution in [0.4, 0.5) is 17.2 Å². The standard InChI is InChI=1S/C19H18N4O2/c1-13(24)21-15-6-3-5-14(9-15)18-11-20-12-19(23-18)22-16-7-4-8-17(10-16)25-2/h3-12H,1-2H3,(H,21,24)(H,22,23). The van der Waals surface area contributed by atoms with E-state index in [-0.39, 0.29) is 5.91 Å². The molecule has 2 aromatic carbocycles. The van der Waals surface area contributed by atoms with Crippen LogP contribution in [-0.4, -0.2) is 23.0 Å². The Kier molecular flexibility index (Phi) is 4.89. The third-order valence-electron chi connectivity index (χ3n) is 3.46. The summed E-state index contributed by atoms with van der Waals surface area (Å²) in [7, 11) is 1.63. The minimum absolute atomic E-state index is 0.114. The number of benzene rings is 2. The van der Waals surface area contributed by atoms with Crippen molar-refractivity contribution in [2.45, 2.75) is 6.92 Å². The molecule has 0 aliphatic carbocycles. The highest BCUT2D eigenvalue weighted by molar-refractivity contribution is 5.89. The van der Waals surface area contributed by atoms with Gasteiger partial charge in [-0.2, -0.15) is 0 Å². The van der Waals surface area contributed by atoms with Crippen LogP contribution in [0.2, 0.25) is 0 Å². The van der Waals surface area contributed by atoms with Crippen LogP contribution in [0.5, 0.6) is 5.75 Å². The SMILES string of the molecule is COc1cccc(Nc2cncc(-c3cccc(NC(C)=O)c3)n2)c1. The van der Waals surface area contributed by atoms with Crippen LogP contribution in [0, 0.1) is 0 Å². The molecule has 0 aliphatic rings. The number of nitrogens with zero attached hydrogens (tertiary/aromatic N) is 2. The maximum Gasteiger partial charge on any atom is 0.221 e. The van der Waals surface area contributed by atoms with Crippen molar-refractivity contribution in [2.75, 3.05) is 17.7 Å². The van der Waals surface area contributed by atoms with E-state index < -0.39 is 0 Å². The van der Waals surface area contributed by atoms with Crippen LogP contribution in [-0.2, 0) is 4.79 Å². The van der Waals surface area contributed by atoms with Crippen LogP contribution in [0.25, 0.3) is 11.3 Å². The van der Waals surface area contributed by atoms with Gasteiger partial charge in [0.15, 0.2) is 0 Å². The number of hydrogen-bond donors (Lipinski definition) is 2. The van der Waals surface area contributed by atoms with Crippen molar-refractivity contribution in [1.29, 1.82) is 0 Å². The van der Waals surface area contributed by atoms with Gasteiger partial charge in [-0.15, -0.1) is 0 Å². The van der Waals surface area contributed by atoms with Gasteiger partial charge in [-0.25, -0.2) is 4.98 Å². The summed E-state index contributed by atoms with van der Waals surface area (Å²) in [5, 5.41) is 5.98. The van der Waals surface area contributed by atoms with E-state index in [4.69, 9.17) is 4.74 Å². The number of amides is 1. The Labute approximate surface area is 145 Å². The van der Waals surface area contributed by atoms with Gasteiger partial charge >= 0.3 is 0 Å². The molecule has 0 bridgehead atoms. The zero-order valence-electron chi connectivity index (χ0n) is 14.0. The molecule has 0 saturated heterocycles. The quantitative estimate of drug-likeness (QED) is 0.741. The number of rotatable bonds is 5. The summed E-state index contributed by atoms with van der Waals surface area (Å²) in [5.41, 5.74) is 3.16. The Morgan fingerprint density at radius 2 is 1.84 bits per heavy atom. The van der Waals surface area contributed by atoms with Gasteiger partial charge in [-0.05, 0) is 24.3 Å². The van der Waals surface area contributed by atoms with Crippen molar-refractivity contribution in [3.8, 4) is 17.0 Å². The van der Waals surface area contributed by atoms with Crippen molar-refractivity contribution >= 4 is 23.1 Å². The summed E-state index contributed by atoms with van der Waals surface area (Å²) < 4.78 is 5.22. The van der Waals surface area contributed by atoms with Gasteiger partial charge in [-0.3, -0.25) is 9.78 Å². The molecule has 3 rings (SSSR count). The van der Waals surface area contributed by atoms with E-state index in [1.54, 1.807) is 19.5 Å². The zero-order chi connectivity index (χ0) is 17.6. The first-order valence-electron chi connectivity index (χ1n) is 7.75. The minimum atomic E-state index is -0.114. The first-order chi connectivity index (χ1) is 12.1. The van der Waals surface area contributed by atoms with Crippen molar-refractivity contribution < 1.29 is 9.53 Å². The molecule has 1 heterocycles. The predicted octanol–water partition coefficient (Wildman–Crippen LogP) is 3.85. The summed E-state index contributed by atoms with van der Waals surface area (Å²) >= 11 is 0. The lowest BCUT2D eigenvalue weighted by Crippen LogP contribution is -2.05. The Morgan fingerprint density at radius 3 is 2.64 bits per heavy atom. The van der Waals surface area contributed by atoms with E-state index in [1.165, 1.54) is 6.92 Å². The second-order valence-electron chi connectivity index (χ2n) is 5.41. The van der Waals surface area contributed by atoms with Crippen LogP contribution in [0.15, 0.2) is 60.9 Å². The molecular formula is C19H18N4O2. The number of aromatic nitrogens is 2. The molecule has 0 radical (unpaired) electrons. The van der Waals surface area contributed by atoms with Gasteiger partial charge in [0.25, 0.3) is 0 Å². The fourth-order valence-electron chi connectivity index (χ4n) is 2.37. The van der Waals surface area contributed by atoms with Gasteiger partial charge in [0.1, 0.15) is 11.6 Å². The number of carbonyl (C=O) groups excluding carboxylic acids is 1. The van der Waals surface area contributed by atoms with Crippen molar-refractivity contribution in [3.63, 3.8) is 0 Å². The third-order valence-corrected chi connectivity index (χ3v) is 3.46. The Hall–Kier alpha value is -3.41. The van der Waals surface area contributed by atoms with E-state index >= 15 is 0 Å². The largest absolute Gasteiger partial charge is 0.497 e. The topological polar surface area (TPSA) is 76.1 Å². The van der Waals surface area contributed by atoms with Crippen LogP contribution in [0.3, 0.4) is 0 Å². The highest BCUT2D eigenvalue weighted by Gasteiger charge is 2.05. The minimum Gasteiger partial charge on any atom is -0.497 e. The number of methoxy groups -OCH3 is 1. The Morgan fingerprint density at radius 1 is 1.04 bits per heavy atom. The summed E-state index contributed by atoms with van der Waals surface area (Å²) in [4.78, 5) is 20.0. The smallest absolute Gasteiger partial charge is 0.221 e. The number of nitrogens with one attached hydrogen (secondary N) is 2. The van der Waals surface area contributed by atoms with Gasteiger partial charge in [0, 0.05) is 29.9 Å². The summed E-state index contributed by atoms with van der Waals surface area (Å²) in [5.74, 6) is 1.27. The molecule has 126 valence electrons. The van der Waals surface area contributed by atoms with Gasteiger partial charge in [-0.1, -0.05) is 18.2 Å². The molecule has 0 unspecified atom stereocenters. The van der Waals surface area contributed by atoms with E-state index in [9.17, 15) is 4.79 Å². The second-order valence-corrected chi connectivity index (χ2v) is 5.41. The lowest BCUT2D eigenvalue weighted by atomic mass is 10.1. The Balaban J connectivity index is 1.85. The summed E-state index contributed by atoms with van der Waals surface area (Å²) in [6, 6.07) is 15.1. The molecule has 1 amide bonds. The molecule has 0 fully saturated rings. The number of carbonyl (C=O) groups is 1. The first kappa shape index (κ1) is 16.4. The van der Waals surface area contributed by atoms with E-state index in [2.05, 4.69) is 20.6 Å². The lowest BCUT2D eigenvalue weighted by molar-refractivity contribution is -0.114. The normalized spacial score (nSPS) is 10.2. The van der Waals surface area contributed by atoms with E-state index in [0.717, 1.165) is 22.7 Å². The van der Waals surface area contributed by atoms with Crippen LogP contribution < -0.4 is 15.4 Å². The van der Waals surface area contributed by atoms with Gasteiger partial charge in [0.05, 0.1) is 25.2 Å². The monoisotopic (exact) mass is 334 g/mol. The molecule has 6 nitrogen and oxygen atoms in total. The first-order valence-corrected chi connectivity index (χ1v) is 7.75. The molecule has 0 saturated carbocycles. The Bertz CT molecular complexity index is 896. The lowest BCUT2D eigenvalue weighted by Gasteiger charge is -2.09. The number of ether oxygens (including phenoxy) is 1. The van der Waals surface area contributed by atoms with Crippen molar-refractivity contribution in [1.82, 2.24) is 9.97 Å². The van der Waals surface area contributed by atoms with Crippen molar-refractivity contribution in [2.24, 2.45) is 0 Å². The van der Waals surface area contributed by atoms with Gasteiger partial charge in [0.2, 0.25) is 5.91 Å². The summed E-state index contributed by atoms with van der Waals surface area (Å²) in [6.45, 7) is 1.48. The molecule has 3 aromatic rings. The second kappa shape index (κ2) is 7.44. The zero-order valence-corrected chi connectivity index (χ0v) is 14.0. The van der Waals surface area contributed by atoms with Crippen LogP contribution in [0.1, 0.15) is 6.92 Å².